The number of hydrogen-bond donors (Lipinski definition) is 3. The molecular weight excluding hydrogens is 244 g/mol. The number of rotatable bonds is 4. The number of aryl methyl sites for hydroxylation is 1. The van der Waals surface area contributed by atoms with Gasteiger partial charge in [0.1, 0.15) is 0 Å². The van der Waals surface area contributed by atoms with Gasteiger partial charge in [0.15, 0.2) is 0 Å². The van der Waals surface area contributed by atoms with Gasteiger partial charge in [-0.1, -0.05) is 31.2 Å². The van der Waals surface area contributed by atoms with E-state index in [0.717, 1.165) is 18.4 Å². The standard InChI is InChI=1S/C14H18N2O3/c1-9(8-13(17)16-19)14(18)15-12-7-6-10-4-2-3-5-11(10)12/h2-5,9,12,19H,6-8H2,1H3,(H,15,18)(H,16,17)/t9-,12-/m1/s1. The minimum atomic E-state index is -0.547. The van der Waals surface area contributed by atoms with Gasteiger partial charge >= 0.3 is 0 Å². The second kappa shape index (κ2) is 5.84. The minimum absolute atomic E-state index is 0.0172. The maximum atomic E-state index is 12.0. The van der Waals surface area contributed by atoms with Crippen LogP contribution in [-0.4, -0.2) is 17.0 Å². The van der Waals surface area contributed by atoms with Crippen molar-refractivity contribution >= 4 is 11.8 Å². The quantitative estimate of drug-likeness (QED) is 0.565. The lowest BCUT2D eigenvalue weighted by molar-refractivity contribution is -0.134. The molecule has 2 rings (SSSR count). The number of benzene rings is 1. The third-order valence-corrected chi connectivity index (χ3v) is 3.51. The lowest BCUT2D eigenvalue weighted by Crippen LogP contribution is -2.34. The van der Waals surface area contributed by atoms with Crippen molar-refractivity contribution in [2.24, 2.45) is 5.92 Å². The van der Waals surface area contributed by atoms with E-state index in [0.29, 0.717) is 0 Å². The molecule has 1 aliphatic rings. The Morgan fingerprint density at radius 1 is 1.42 bits per heavy atom. The van der Waals surface area contributed by atoms with Crippen LogP contribution in [-0.2, 0) is 16.0 Å². The van der Waals surface area contributed by atoms with Crippen LogP contribution in [0.3, 0.4) is 0 Å². The predicted molar refractivity (Wildman–Crippen MR) is 69.4 cm³/mol. The molecule has 0 unspecified atom stereocenters. The number of hydrogen-bond acceptors (Lipinski definition) is 3. The van der Waals surface area contributed by atoms with E-state index in [-0.39, 0.29) is 18.4 Å². The molecule has 0 fully saturated rings. The van der Waals surface area contributed by atoms with Crippen molar-refractivity contribution in [2.45, 2.75) is 32.2 Å². The first-order valence-electron chi connectivity index (χ1n) is 6.43. The highest BCUT2D eigenvalue weighted by atomic mass is 16.5. The van der Waals surface area contributed by atoms with Crippen LogP contribution in [0.4, 0.5) is 0 Å². The first-order chi connectivity index (χ1) is 9.11. The van der Waals surface area contributed by atoms with Gasteiger partial charge in [-0.2, -0.15) is 0 Å². The van der Waals surface area contributed by atoms with E-state index in [4.69, 9.17) is 5.21 Å². The first-order valence-corrected chi connectivity index (χ1v) is 6.43. The van der Waals surface area contributed by atoms with Gasteiger partial charge in [-0.15, -0.1) is 0 Å². The molecule has 0 saturated carbocycles. The zero-order valence-electron chi connectivity index (χ0n) is 10.8. The Bertz CT molecular complexity index is 487. The predicted octanol–water partition coefficient (Wildman–Crippen LogP) is 1.32. The maximum absolute atomic E-state index is 12.0. The average molecular weight is 262 g/mol. The number of carbonyl (C=O) groups excluding carboxylic acids is 2. The van der Waals surface area contributed by atoms with Gasteiger partial charge < -0.3 is 5.32 Å². The molecule has 0 heterocycles. The second-order valence-corrected chi connectivity index (χ2v) is 4.94. The Balaban J connectivity index is 1.95. The smallest absolute Gasteiger partial charge is 0.244 e. The summed E-state index contributed by atoms with van der Waals surface area (Å²) < 4.78 is 0. The van der Waals surface area contributed by atoms with E-state index >= 15 is 0 Å². The normalized spacial score (nSPS) is 18.5. The molecule has 2 amide bonds. The monoisotopic (exact) mass is 262 g/mol. The molecule has 0 aromatic heterocycles. The number of carbonyl (C=O) groups is 2. The Kier molecular flexibility index (Phi) is 4.16. The number of amides is 2. The van der Waals surface area contributed by atoms with Crippen molar-refractivity contribution in [1.82, 2.24) is 10.8 Å². The molecule has 1 aliphatic carbocycles. The number of fused-ring (bicyclic) bond motifs is 1. The van der Waals surface area contributed by atoms with Crippen molar-refractivity contribution < 1.29 is 14.8 Å². The average Bonchev–Trinajstić information content (AvgIpc) is 2.82. The molecule has 1 aromatic carbocycles. The van der Waals surface area contributed by atoms with E-state index in [1.807, 2.05) is 18.2 Å². The van der Waals surface area contributed by atoms with Gasteiger partial charge in [0.25, 0.3) is 0 Å². The summed E-state index contributed by atoms with van der Waals surface area (Å²) in [5, 5.41) is 11.4. The zero-order valence-corrected chi connectivity index (χ0v) is 10.8. The first kappa shape index (κ1) is 13.5. The zero-order chi connectivity index (χ0) is 13.8. The van der Waals surface area contributed by atoms with Gasteiger partial charge in [-0.05, 0) is 24.0 Å². The van der Waals surface area contributed by atoms with Gasteiger partial charge in [-0.3, -0.25) is 14.8 Å². The topological polar surface area (TPSA) is 78.4 Å². The van der Waals surface area contributed by atoms with E-state index in [9.17, 15) is 9.59 Å². The van der Waals surface area contributed by atoms with Crippen LogP contribution in [0.15, 0.2) is 24.3 Å². The van der Waals surface area contributed by atoms with Gasteiger partial charge in [-0.25, -0.2) is 5.48 Å². The third-order valence-electron chi connectivity index (χ3n) is 3.51. The highest BCUT2D eigenvalue weighted by Gasteiger charge is 2.25. The Labute approximate surface area is 112 Å². The highest BCUT2D eigenvalue weighted by molar-refractivity contribution is 5.85. The van der Waals surface area contributed by atoms with Crippen molar-refractivity contribution in [2.75, 3.05) is 0 Å². The summed E-state index contributed by atoms with van der Waals surface area (Å²) in [6, 6.07) is 8.09. The van der Waals surface area contributed by atoms with Crippen LogP contribution in [0.5, 0.6) is 0 Å². The minimum Gasteiger partial charge on any atom is -0.349 e. The van der Waals surface area contributed by atoms with E-state index in [1.165, 1.54) is 5.56 Å². The molecule has 0 radical (unpaired) electrons. The lowest BCUT2D eigenvalue weighted by Gasteiger charge is -2.17. The Morgan fingerprint density at radius 2 is 2.16 bits per heavy atom. The van der Waals surface area contributed by atoms with Crippen molar-refractivity contribution in [1.29, 1.82) is 0 Å². The van der Waals surface area contributed by atoms with Gasteiger partial charge in [0.05, 0.1) is 6.04 Å². The van der Waals surface area contributed by atoms with Crippen LogP contribution >= 0.6 is 0 Å². The molecule has 102 valence electrons. The summed E-state index contributed by atoms with van der Waals surface area (Å²) in [6.07, 6.45) is 1.84. The molecule has 0 aliphatic heterocycles. The maximum Gasteiger partial charge on any atom is 0.244 e. The highest BCUT2D eigenvalue weighted by Crippen LogP contribution is 2.30. The fourth-order valence-corrected chi connectivity index (χ4v) is 2.44. The molecule has 0 saturated heterocycles. The largest absolute Gasteiger partial charge is 0.349 e. The fourth-order valence-electron chi connectivity index (χ4n) is 2.44. The summed E-state index contributed by atoms with van der Waals surface area (Å²) >= 11 is 0. The Morgan fingerprint density at radius 3 is 2.89 bits per heavy atom. The van der Waals surface area contributed by atoms with Crippen LogP contribution in [0.25, 0.3) is 0 Å². The molecule has 2 atom stereocenters. The summed E-state index contributed by atoms with van der Waals surface area (Å²) in [7, 11) is 0. The number of nitrogens with one attached hydrogen (secondary N) is 2. The fraction of sp³-hybridized carbons (Fsp3) is 0.429. The van der Waals surface area contributed by atoms with Crippen molar-refractivity contribution in [3.63, 3.8) is 0 Å². The number of hydroxylamine groups is 1. The SMILES string of the molecule is C[C@H](CC(=O)NO)C(=O)N[C@@H]1CCc2ccccc21. The van der Waals surface area contributed by atoms with E-state index in [2.05, 4.69) is 11.4 Å². The summed E-state index contributed by atoms with van der Waals surface area (Å²) in [5.41, 5.74) is 3.97. The summed E-state index contributed by atoms with van der Waals surface area (Å²) in [5.74, 6) is -1.17. The van der Waals surface area contributed by atoms with Gasteiger partial charge in [0, 0.05) is 12.3 Å². The van der Waals surface area contributed by atoms with E-state index < -0.39 is 11.8 Å². The van der Waals surface area contributed by atoms with E-state index in [1.54, 1.807) is 12.4 Å². The molecule has 5 nitrogen and oxygen atoms in total. The van der Waals surface area contributed by atoms with Crippen LogP contribution < -0.4 is 10.8 Å². The summed E-state index contributed by atoms with van der Waals surface area (Å²) in [4.78, 5) is 23.0. The molecule has 19 heavy (non-hydrogen) atoms. The van der Waals surface area contributed by atoms with Crippen molar-refractivity contribution in [3.8, 4) is 0 Å². The molecular formula is C14H18N2O3. The molecule has 3 N–H and O–H groups in total. The van der Waals surface area contributed by atoms with Crippen LogP contribution in [0.1, 0.15) is 36.9 Å². The van der Waals surface area contributed by atoms with Crippen molar-refractivity contribution in [3.05, 3.63) is 35.4 Å². The molecule has 0 spiro atoms. The molecule has 5 heteroatoms. The lowest BCUT2D eigenvalue weighted by atomic mass is 10.0. The van der Waals surface area contributed by atoms with Crippen LogP contribution in [0, 0.1) is 5.92 Å². The van der Waals surface area contributed by atoms with Crippen LogP contribution in [0.2, 0.25) is 0 Å². The molecule has 0 bridgehead atoms. The second-order valence-electron chi connectivity index (χ2n) is 4.94. The molecule has 1 aromatic rings. The third kappa shape index (κ3) is 3.12. The Hall–Kier alpha value is -1.88. The van der Waals surface area contributed by atoms with Gasteiger partial charge in [0.2, 0.25) is 11.8 Å². The summed E-state index contributed by atoms with van der Waals surface area (Å²) in [6.45, 7) is 1.67.